The Bertz CT molecular complexity index is 766. The summed E-state index contributed by atoms with van der Waals surface area (Å²) in [6, 6.07) is 16.9. The molecular weight excluding hydrogens is 334 g/mol. The maximum absolute atomic E-state index is 12.7. The molecule has 0 aromatic heterocycles. The number of hydrogen-bond acceptors (Lipinski definition) is 3. The van der Waals surface area contributed by atoms with Gasteiger partial charge in [0.15, 0.2) is 0 Å². The molecule has 0 radical (unpaired) electrons. The van der Waals surface area contributed by atoms with Crippen LogP contribution in [0, 0.1) is 13.8 Å². The molecule has 1 amide bonds. The van der Waals surface area contributed by atoms with E-state index in [0.717, 1.165) is 38.4 Å². The molecule has 27 heavy (non-hydrogen) atoms. The van der Waals surface area contributed by atoms with Crippen molar-refractivity contribution in [2.75, 3.05) is 49.1 Å². The Morgan fingerprint density at radius 3 is 2.26 bits per heavy atom. The molecule has 0 saturated carbocycles. The molecule has 1 heterocycles. The van der Waals surface area contributed by atoms with Gasteiger partial charge < -0.3 is 9.80 Å². The number of aryl methyl sites for hydroxylation is 2. The Balaban J connectivity index is 1.50. The van der Waals surface area contributed by atoms with E-state index in [9.17, 15) is 4.79 Å². The fraction of sp³-hybridized carbons (Fsp3) is 0.435. The summed E-state index contributed by atoms with van der Waals surface area (Å²) in [4.78, 5) is 19.5. The van der Waals surface area contributed by atoms with Crippen molar-refractivity contribution in [3.63, 3.8) is 0 Å². The normalized spacial score (nSPS) is 15.0. The zero-order valence-corrected chi connectivity index (χ0v) is 16.8. The molecule has 0 spiro atoms. The first-order valence-corrected chi connectivity index (χ1v) is 9.98. The van der Waals surface area contributed by atoms with Crippen LogP contribution in [0.25, 0.3) is 0 Å². The number of hydrogen-bond donors (Lipinski definition) is 0. The van der Waals surface area contributed by atoms with Gasteiger partial charge >= 0.3 is 0 Å². The maximum Gasteiger partial charge on any atom is 0.228 e. The van der Waals surface area contributed by atoms with Crippen LogP contribution < -0.4 is 9.80 Å². The lowest BCUT2D eigenvalue weighted by Gasteiger charge is -2.36. The number of anilines is 2. The van der Waals surface area contributed by atoms with E-state index in [2.05, 4.69) is 60.0 Å². The van der Waals surface area contributed by atoms with E-state index in [-0.39, 0.29) is 5.91 Å². The van der Waals surface area contributed by atoms with Gasteiger partial charge in [0.2, 0.25) is 5.91 Å². The number of benzene rings is 2. The van der Waals surface area contributed by atoms with Gasteiger partial charge in [-0.3, -0.25) is 9.69 Å². The monoisotopic (exact) mass is 365 g/mol. The largest absolute Gasteiger partial charge is 0.369 e. The predicted molar refractivity (Wildman–Crippen MR) is 114 cm³/mol. The van der Waals surface area contributed by atoms with Crippen LogP contribution in [0.1, 0.15) is 24.5 Å². The van der Waals surface area contributed by atoms with E-state index in [1.54, 1.807) is 0 Å². The lowest BCUT2D eigenvalue weighted by molar-refractivity contribution is -0.118. The van der Waals surface area contributed by atoms with Gasteiger partial charge in [0, 0.05) is 57.1 Å². The van der Waals surface area contributed by atoms with Crippen LogP contribution >= 0.6 is 0 Å². The van der Waals surface area contributed by atoms with Crippen molar-refractivity contribution < 1.29 is 4.79 Å². The molecule has 2 aromatic rings. The van der Waals surface area contributed by atoms with Crippen LogP contribution in [-0.2, 0) is 4.79 Å². The van der Waals surface area contributed by atoms with Gasteiger partial charge in [0.05, 0.1) is 0 Å². The van der Waals surface area contributed by atoms with Crippen LogP contribution in [0.5, 0.6) is 0 Å². The Labute approximate surface area is 163 Å². The molecule has 2 aromatic carbocycles. The molecule has 1 aliphatic rings. The third-order valence-electron chi connectivity index (χ3n) is 5.31. The predicted octanol–water partition coefficient (Wildman–Crippen LogP) is 3.87. The second kappa shape index (κ2) is 9.05. The van der Waals surface area contributed by atoms with Gasteiger partial charge in [-0.1, -0.05) is 24.3 Å². The van der Waals surface area contributed by atoms with Crippen LogP contribution in [-0.4, -0.2) is 50.1 Å². The maximum atomic E-state index is 12.7. The van der Waals surface area contributed by atoms with Crippen LogP contribution in [0.15, 0.2) is 48.5 Å². The summed E-state index contributed by atoms with van der Waals surface area (Å²) in [6.45, 7) is 11.9. The highest BCUT2D eigenvalue weighted by atomic mass is 16.2. The standard InChI is InChI=1S/C23H31N3O/c1-4-26(22-10-6-8-20(3)18-22)23(27)11-12-24-13-15-25(16-14-24)21-9-5-7-19(2)17-21/h5-10,17-18H,4,11-16H2,1-3H3. The van der Waals surface area contributed by atoms with Crippen LogP contribution in [0.2, 0.25) is 0 Å². The molecular formula is C23H31N3O. The van der Waals surface area contributed by atoms with E-state index >= 15 is 0 Å². The molecule has 3 rings (SSSR count). The highest BCUT2D eigenvalue weighted by Gasteiger charge is 2.20. The number of carbonyl (C=O) groups excluding carboxylic acids is 1. The van der Waals surface area contributed by atoms with Gasteiger partial charge in [-0.05, 0) is 56.2 Å². The van der Waals surface area contributed by atoms with Crippen molar-refractivity contribution in [3.05, 3.63) is 59.7 Å². The second-order valence-corrected chi connectivity index (χ2v) is 7.39. The number of rotatable bonds is 6. The van der Waals surface area contributed by atoms with Crippen molar-refractivity contribution in [2.24, 2.45) is 0 Å². The molecule has 144 valence electrons. The summed E-state index contributed by atoms with van der Waals surface area (Å²) in [5, 5.41) is 0. The van der Waals surface area contributed by atoms with E-state index in [1.165, 1.54) is 16.8 Å². The molecule has 4 nitrogen and oxygen atoms in total. The lowest BCUT2D eigenvalue weighted by Crippen LogP contribution is -2.47. The molecule has 1 aliphatic heterocycles. The van der Waals surface area contributed by atoms with E-state index < -0.39 is 0 Å². The SMILES string of the molecule is CCN(C(=O)CCN1CCN(c2cccc(C)c2)CC1)c1cccc(C)c1. The van der Waals surface area contributed by atoms with Crippen LogP contribution in [0.3, 0.4) is 0 Å². The molecule has 0 unspecified atom stereocenters. The van der Waals surface area contributed by atoms with Gasteiger partial charge in [-0.15, -0.1) is 0 Å². The van der Waals surface area contributed by atoms with Gasteiger partial charge in [0.1, 0.15) is 0 Å². The fourth-order valence-corrected chi connectivity index (χ4v) is 3.74. The van der Waals surface area contributed by atoms with E-state index in [1.807, 2.05) is 24.0 Å². The summed E-state index contributed by atoms with van der Waals surface area (Å²) >= 11 is 0. The summed E-state index contributed by atoms with van der Waals surface area (Å²) in [6.07, 6.45) is 0.576. The smallest absolute Gasteiger partial charge is 0.228 e. The first kappa shape index (κ1) is 19.4. The van der Waals surface area contributed by atoms with Crippen molar-refractivity contribution in [3.8, 4) is 0 Å². The van der Waals surface area contributed by atoms with E-state index in [0.29, 0.717) is 13.0 Å². The number of amides is 1. The van der Waals surface area contributed by atoms with Crippen molar-refractivity contribution in [1.82, 2.24) is 4.90 Å². The molecule has 0 aliphatic carbocycles. The molecule has 0 atom stereocenters. The molecule has 4 heteroatoms. The van der Waals surface area contributed by atoms with Crippen molar-refractivity contribution >= 4 is 17.3 Å². The summed E-state index contributed by atoms with van der Waals surface area (Å²) in [5.41, 5.74) is 4.80. The molecule has 0 N–H and O–H groups in total. The number of nitrogens with zero attached hydrogens (tertiary/aromatic N) is 3. The average Bonchev–Trinajstić information content (AvgIpc) is 2.67. The minimum atomic E-state index is 0.212. The highest BCUT2D eigenvalue weighted by Crippen LogP contribution is 2.19. The molecule has 1 fully saturated rings. The molecule has 0 bridgehead atoms. The van der Waals surface area contributed by atoms with Crippen LogP contribution in [0.4, 0.5) is 11.4 Å². The first-order valence-electron chi connectivity index (χ1n) is 9.98. The lowest BCUT2D eigenvalue weighted by atomic mass is 10.2. The Morgan fingerprint density at radius 2 is 1.63 bits per heavy atom. The fourth-order valence-electron chi connectivity index (χ4n) is 3.74. The topological polar surface area (TPSA) is 26.8 Å². The van der Waals surface area contributed by atoms with Crippen molar-refractivity contribution in [2.45, 2.75) is 27.2 Å². The quantitative estimate of drug-likeness (QED) is 0.777. The zero-order valence-electron chi connectivity index (χ0n) is 16.8. The zero-order chi connectivity index (χ0) is 19.2. The summed E-state index contributed by atoms with van der Waals surface area (Å²) in [7, 11) is 0. The van der Waals surface area contributed by atoms with Gasteiger partial charge in [-0.2, -0.15) is 0 Å². The Kier molecular flexibility index (Phi) is 6.51. The number of piperazine rings is 1. The van der Waals surface area contributed by atoms with E-state index in [4.69, 9.17) is 0 Å². The average molecular weight is 366 g/mol. The minimum absolute atomic E-state index is 0.212. The van der Waals surface area contributed by atoms with Gasteiger partial charge in [-0.25, -0.2) is 0 Å². The Morgan fingerprint density at radius 1 is 0.963 bits per heavy atom. The number of carbonyl (C=O) groups is 1. The first-order chi connectivity index (χ1) is 13.1. The third kappa shape index (κ3) is 5.10. The molecule has 1 saturated heterocycles. The minimum Gasteiger partial charge on any atom is -0.369 e. The Hall–Kier alpha value is -2.33. The second-order valence-electron chi connectivity index (χ2n) is 7.39. The van der Waals surface area contributed by atoms with Crippen molar-refractivity contribution in [1.29, 1.82) is 0 Å². The third-order valence-corrected chi connectivity index (χ3v) is 5.31. The van der Waals surface area contributed by atoms with Gasteiger partial charge in [0.25, 0.3) is 0 Å². The highest BCUT2D eigenvalue weighted by molar-refractivity contribution is 5.93. The summed E-state index contributed by atoms with van der Waals surface area (Å²) < 4.78 is 0. The summed E-state index contributed by atoms with van der Waals surface area (Å²) in [5.74, 6) is 0.212.